The van der Waals surface area contributed by atoms with E-state index < -0.39 is 6.10 Å². The zero-order valence-electron chi connectivity index (χ0n) is 8.78. The highest BCUT2D eigenvalue weighted by Crippen LogP contribution is 1.97. The van der Waals surface area contributed by atoms with Crippen LogP contribution in [0.15, 0.2) is 12.3 Å². The van der Waals surface area contributed by atoms with Crippen molar-refractivity contribution in [2.24, 2.45) is 0 Å². The minimum atomic E-state index is -0.989. The molecule has 1 atom stereocenters. The van der Waals surface area contributed by atoms with Gasteiger partial charge in [0.15, 0.2) is 17.7 Å². The molecule has 0 heterocycles. The van der Waals surface area contributed by atoms with Gasteiger partial charge in [-0.25, -0.2) is 0 Å². The van der Waals surface area contributed by atoms with Crippen molar-refractivity contribution in [3.05, 3.63) is 12.3 Å². The minimum absolute atomic E-state index is 0.294. The van der Waals surface area contributed by atoms with E-state index in [9.17, 15) is 9.59 Å². The Morgan fingerprint density at radius 2 is 1.93 bits per heavy atom. The number of carbonyl (C=O) groups is 2. The highest BCUT2D eigenvalue weighted by Gasteiger charge is 2.20. The smallest absolute Gasteiger partial charge is 0.195 e. The summed E-state index contributed by atoms with van der Waals surface area (Å²) in [7, 11) is 0. The maximum absolute atomic E-state index is 11.3. The molecule has 0 aliphatic heterocycles. The maximum atomic E-state index is 11.3. The van der Waals surface area contributed by atoms with Crippen molar-refractivity contribution in [2.75, 3.05) is 13.2 Å². The van der Waals surface area contributed by atoms with Crippen molar-refractivity contribution in [3.8, 4) is 0 Å². The van der Waals surface area contributed by atoms with E-state index >= 15 is 0 Å². The second-order valence-electron chi connectivity index (χ2n) is 2.61. The third kappa shape index (κ3) is 4.77. The predicted molar refractivity (Wildman–Crippen MR) is 51.9 cm³/mol. The molecule has 80 valence electrons. The number of ketones is 2. The number of hydrogen-bond donors (Lipinski definition) is 0. The molecule has 0 aliphatic rings. The summed E-state index contributed by atoms with van der Waals surface area (Å²) in [6.45, 7) is 5.68. The van der Waals surface area contributed by atoms with Gasteiger partial charge >= 0.3 is 0 Å². The van der Waals surface area contributed by atoms with Crippen molar-refractivity contribution in [1.29, 1.82) is 0 Å². The fourth-order valence-electron chi connectivity index (χ4n) is 0.865. The summed E-state index contributed by atoms with van der Waals surface area (Å²) in [6.07, 6.45) is 1.50. The Bertz CT molecular complexity index is 220. The Morgan fingerprint density at radius 1 is 1.29 bits per heavy atom. The van der Waals surface area contributed by atoms with Crippen LogP contribution in [0.1, 0.15) is 20.8 Å². The second kappa shape index (κ2) is 7.26. The van der Waals surface area contributed by atoms with Crippen molar-refractivity contribution in [3.63, 3.8) is 0 Å². The van der Waals surface area contributed by atoms with Gasteiger partial charge in [-0.15, -0.1) is 0 Å². The van der Waals surface area contributed by atoms with Crippen LogP contribution in [-0.4, -0.2) is 30.9 Å². The molecule has 0 amide bonds. The highest BCUT2D eigenvalue weighted by molar-refractivity contribution is 6.09. The third-order valence-electron chi connectivity index (χ3n) is 1.46. The standard InChI is InChI=1S/C10H16O4/c1-4-13-7-6-9(12)10(8(3)11)14-5-2/h6-7,10H,4-5H2,1-3H3/b7-6+. The van der Waals surface area contributed by atoms with Crippen LogP contribution in [0.2, 0.25) is 0 Å². The molecule has 0 saturated carbocycles. The molecule has 0 N–H and O–H groups in total. The lowest BCUT2D eigenvalue weighted by atomic mass is 10.1. The average Bonchev–Trinajstić information content (AvgIpc) is 2.13. The van der Waals surface area contributed by atoms with Crippen LogP contribution in [0.4, 0.5) is 0 Å². The molecule has 0 radical (unpaired) electrons. The van der Waals surface area contributed by atoms with Gasteiger partial charge in [-0.3, -0.25) is 9.59 Å². The molecule has 0 aromatic carbocycles. The lowest BCUT2D eigenvalue weighted by Gasteiger charge is -2.09. The van der Waals surface area contributed by atoms with E-state index in [1.54, 1.807) is 13.8 Å². The first-order valence-corrected chi connectivity index (χ1v) is 4.57. The lowest BCUT2D eigenvalue weighted by molar-refractivity contribution is -0.138. The average molecular weight is 200 g/mol. The summed E-state index contributed by atoms with van der Waals surface area (Å²) in [5, 5.41) is 0. The molecule has 0 spiro atoms. The largest absolute Gasteiger partial charge is 0.501 e. The SMILES string of the molecule is CCO/C=C/C(=O)C(OCC)C(C)=O. The number of carbonyl (C=O) groups excluding carboxylic acids is 2. The van der Waals surface area contributed by atoms with Crippen molar-refractivity contribution in [2.45, 2.75) is 26.9 Å². The summed E-state index contributed by atoms with van der Waals surface area (Å²) < 4.78 is 9.83. The van der Waals surface area contributed by atoms with Gasteiger partial charge in [0.25, 0.3) is 0 Å². The van der Waals surface area contributed by atoms with Gasteiger partial charge in [0.2, 0.25) is 0 Å². The van der Waals surface area contributed by atoms with E-state index in [0.29, 0.717) is 13.2 Å². The van der Waals surface area contributed by atoms with Crippen LogP contribution in [0.3, 0.4) is 0 Å². The third-order valence-corrected chi connectivity index (χ3v) is 1.46. The fourth-order valence-corrected chi connectivity index (χ4v) is 0.865. The Balaban J connectivity index is 4.22. The molecule has 0 fully saturated rings. The Kier molecular flexibility index (Phi) is 6.66. The normalized spacial score (nSPS) is 12.8. The van der Waals surface area contributed by atoms with Gasteiger partial charge in [0.05, 0.1) is 12.9 Å². The van der Waals surface area contributed by atoms with Crippen LogP contribution >= 0.6 is 0 Å². The number of rotatable bonds is 7. The molecule has 0 rings (SSSR count). The van der Waals surface area contributed by atoms with Crippen LogP contribution in [0.25, 0.3) is 0 Å². The molecule has 4 nitrogen and oxygen atoms in total. The van der Waals surface area contributed by atoms with E-state index in [0.717, 1.165) is 0 Å². The monoisotopic (exact) mass is 200 g/mol. The van der Waals surface area contributed by atoms with E-state index in [4.69, 9.17) is 9.47 Å². The Morgan fingerprint density at radius 3 is 2.36 bits per heavy atom. The van der Waals surface area contributed by atoms with Gasteiger partial charge in [-0.1, -0.05) is 0 Å². The molecule has 14 heavy (non-hydrogen) atoms. The molecule has 4 heteroatoms. The molecule has 1 unspecified atom stereocenters. The van der Waals surface area contributed by atoms with Gasteiger partial charge in [-0.05, 0) is 20.8 Å². The van der Waals surface area contributed by atoms with E-state index in [-0.39, 0.29) is 11.6 Å². The van der Waals surface area contributed by atoms with Gasteiger partial charge in [0.1, 0.15) is 0 Å². The Hall–Kier alpha value is -1.16. The second-order valence-corrected chi connectivity index (χ2v) is 2.61. The Labute approximate surface area is 83.9 Å². The van der Waals surface area contributed by atoms with Crippen molar-refractivity contribution >= 4 is 11.6 Å². The predicted octanol–water partition coefficient (Wildman–Crippen LogP) is 1.10. The first-order valence-electron chi connectivity index (χ1n) is 4.57. The van der Waals surface area contributed by atoms with E-state index in [1.165, 1.54) is 19.3 Å². The molecule has 0 saturated heterocycles. The van der Waals surface area contributed by atoms with Gasteiger partial charge in [-0.2, -0.15) is 0 Å². The summed E-state index contributed by atoms with van der Waals surface area (Å²) in [5.74, 6) is -0.675. The summed E-state index contributed by atoms with van der Waals surface area (Å²) in [4.78, 5) is 22.3. The lowest BCUT2D eigenvalue weighted by Crippen LogP contribution is -2.30. The molecule has 0 aromatic heterocycles. The zero-order chi connectivity index (χ0) is 11.0. The fraction of sp³-hybridized carbons (Fsp3) is 0.600. The quantitative estimate of drug-likeness (QED) is 0.351. The van der Waals surface area contributed by atoms with Crippen molar-refractivity contribution in [1.82, 2.24) is 0 Å². The minimum Gasteiger partial charge on any atom is -0.501 e. The van der Waals surface area contributed by atoms with Crippen LogP contribution in [0.5, 0.6) is 0 Å². The van der Waals surface area contributed by atoms with Gasteiger partial charge < -0.3 is 9.47 Å². The van der Waals surface area contributed by atoms with Gasteiger partial charge in [0, 0.05) is 12.7 Å². The van der Waals surface area contributed by atoms with Crippen LogP contribution in [-0.2, 0) is 19.1 Å². The summed E-state index contributed by atoms with van der Waals surface area (Å²) in [5.41, 5.74) is 0. The van der Waals surface area contributed by atoms with Crippen LogP contribution in [0, 0.1) is 0 Å². The van der Waals surface area contributed by atoms with E-state index in [2.05, 4.69) is 0 Å². The molecule has 0 bridgehead atoms. The number of hydrogen-bond acceptors (Lipinski definition) is 4. The first-order chi connectivity index (χ1) is 6.63. The maximum Gasteiger partial charge on any atom is 0.195 e. The highest BCUT2D eigenvalue weighted by atomic mass is 16.5. The number of Topliss-reactive ketones (excluding diaryl/α,β-unsaturated/α-hetero) is 1. The van der Waals surface area contributed by atoms with E-state index in [1.807, 2.05) is 0 Å². The van der Waals surface area contributed by atoms with Crippen molar-refractivity contribution < 1.29 is 19.1 Å². The summed E-state index contributed by atoms with van der Waals surface area (Å²) in [6, 6.07) is 0. The first kappa shape index (κ1) is 12.8. The van der Waals surface area contributed by atoms with Crippen LogP contribution < -0.4 is 0 Å². The molecular weight excluding hydrogens is 184 g/mol. The summed E-state index contributed by atoms with van der Waals surface area (Å²) >= 11 is 0. The molecule has 0 aliphatic carbocycles. The molecule has 0 aromatic rings. The topological polar surface area (TPSA) is 52.6 Å². The zero-order valence-corrected chi connectivity index (χ0v) is 8.78. The molecular formula is C10H16O4. The number of ether oxygens (including phenoxy) is 2.